The van der Waals surface area contributed by atoms with E-state index in [0.29, 0.717) is 17.8 Å². The zero-order chi connectivity index (χ0) is 12.3. The molecule has 5 heteroatoms. The van der Waals surface area contributed by atoms with Crippen molar-refractivity contribution in [3.8, 4) is 0 Å². The summed E-state index contributed by atoms with van der Waals surface area (Å²) in [5.74, 6) is 0.876. The molecule has 1 rings (SSSR count). The maximum Gasteiger partial charge on any atom is 0.232 e. The molecule has 1 amide bonds. The fourth-order valence-corrected chi connectivity index (χ4v) is 2.45. The molecule has 1 heterocycles. The van der Waals surface area contributed by atoms with Crippen LogP contribution in [-0.4, -0.2) is 46.5 Å². The van der Waals surface area contributed by atoms with E-state index >= 15 is 0 Å². The SMILES string of the molecule is CC1CN(C(=O)CSC(C)(C)C)C(C)CN1.Cl. The molecule has 1 fully saturated rings. The maximum absolute atomic E-state index is 12.1. The molecule has 0 saturated carbocycles. The highest BCUT2D eigenvalue weighted by atomic mass is 35.5. The average Bonchev–Trinajstić information content (AvgIpc) is 2.17. The van der Waals surface area contributed by atoms with Crippen LogP contribution in [0, 0.1) is 0 Å². The summed E-state index contributed by atoms with van der Waals surface area (Å²) < 4.78 is 0.165. The van der Waals surface area contributed by atoms with Crippen molar-refractivity contribution >= 4 is 30.1 Å². The van der Waals surface area contributed by atoms with Gasteiger partial charge in [0.05, 0.1) is 5.75 Å². The quantitative estimate of drug-likeness (QED) is 0.841. The number of carbonyl (C=O) groups is 1. The third-order valence-corrected chi connectivity index (χ3v) is 3.97. The highest BCUT2D eigenvalue weighted by Gasteiger charge is 2.27. The normalized spacial score (nSPS) is 25.4. The Kier molecular flexibility index (Phi) is 6.89. The van der Waals surface area contributed by atoms with Gasteiger partial charge in [0, 0.05) is 29.9 Å². The van der Waals surface area contributed by atoms with Crippen molar-refractivity contribution in [2.45, 2.75) is 51.4 Å². The summed E-state index contributed by atoms with van der Waals surface area (Å²) in [6.45, 7) is 12.4. The lowest BCUT2D eigenvalue weighted by Gasteiger charge is -2.38. The van der Waals surface area contributed by atoms with E-state index in [-0.39, 0.29) is 23.1 Å². The lowest BCUT2D eigenvalue weighted by molar-refractivity contribution is -0.131. The predicted octanol–water partition coefficient (Wildman–Crippen LogP) is 2.15. The topological polar surface area (TPSA) is 32.3 Å². The van der Waals surface area contributed by atoms with E-state index in [1.165, 1.54) is 0 Å². The Balaban J connectivity index is 0.00000256. The van der Waals surface area contributed by atoms with Gasteiger partial charge in [-0.05, 0) is 13.8 Å². The van der Waals surface area contributed by atoms with Crippen LogP contribution in [0.15, 0.2) is 0 Å². The molecule has 1 aliphatic rings. The van der Waals surface area contributed by atoms with Gasteiger partial charge < -0.3 is 10.2 Å². The molecule has 0 spiro atoms. The van der Waals surface area contributed by atoms with Crippen molar-refractivity contribution in [3.63, 3.8) is 0 Å². The summed E-state index contributed by atoms with van der Waals surface area (Å²) in [6.07, 6.45) is 0. The van der Waals surface area contributed by atoms with E-state index in [0.717, 1.165) is 13.1 Å². The van der Waals surface area contributed by atoms with Crippen LogP contribution < -0.4 is 5.32 Å². The molecule has 17 heavy (non-hydrogen) atoms. The van der Waals surface area contributed by atoms with Crippen molar-refractivity contribution < 1.29 is 4.79 Å². The number of halogens is 1. The highest BCUT2D eigenvalue weighted by Crippen LogP contribution is 2.23. The first kappa shape index (κ1) is 17.1. The van der Waals surface area contributed by atoms with Crippen LogP contribution in [0.4, 0.5) is 0 Å². The summed E-state index contributed by atoms with van der Waals surface area (Å²) >= 11 is 1.73. The second-order valence-electron chi connectivity index (χ2n) is 5.61. The number of hydrogen-bond acceptors (Lipinski definition) is 3. The fourth-order valence-electron chi connectivity index (χ4n) is 1.73. The minimum Gasteiger partial charge on any atom is -0.336 e. The minimum absolute atomic E-state index is 0. The Labute approximate surface area is 115 Å². The number of amides is 1. The maximum atomic E-state index is 12.1. The van der Waals surface area contributed by atoms with Gasteiger partial charge in [-0.2, -0.15) is 0 Å². The largest absolute Gasteiger partial charge is 0.336 e. The van der Waals surface area contributed by atoms with Crippen LogP contribution in [0.1, 0.15) is 34.6 Å². The zero-order valence-corrected chi connectivity index (χ0v) is 13.1. The first-order chi connectivity index (χ1) is 7.29. The number of nitrogens with one attached hydrogen (secondary N) is 1. The zero-order valence-electron chi connectivity index (χ0n) is 11.4. The molecule has 0 bridgehead atoms. The fraction of sp³-hybridized carbons (Fsp3) is 0.917. The van der Waals surface area contributed by atoms with Crippen LogP contribution in [0.5, 0.6) is 0 Å². The standard InChI is InChI=1S/C12H24N2OS.ClH/c1-9-7-14(10(2)6-13-9)11(15)8-16-12(3,4)5;/h9-10,13H,6-8H2,1-5H3;1H. The lowest BCUT2D eigenvalue weighted by atomic mass is 10.1. The molecule has 1 saturated heterocycles. The Hall–Kier alpha value is 0.0700. The molecular weight excluding hydrogens is 256 g/mol. The average molecular weight is 281 g/mol. The van der Waals surface area contributed by atoms with Gasteiger partial charge in [-0.25, -0.2) is 0 Å². The van der Waals surface area contributed by atoms with Gasteiger partial charge in [0.15, 0.2) is 0 Å². The summed E-state index contributed by atoms with van der Waals surface area (Å²) in [7, 11) is 0. The first-order valence-corrected chi connectivity index (χ1v) is 6.95. The molecule has 0 aromatic carbocycles. The number of thioether (sulfide) groups is 1. The third kappa shape index (κ3) is 5.98. The Morgan fingerprint density at radius 2 is 2.00 bits per heavy atom. The van der Waals surface area contributed by atoms with Crippen molar-refractivity contribution in [3.05, 3.63) is 0 Å². The predicted molar refractivity (Wildman–Crippen MR) is 78.1 cm³/mol. The summed E-state index contributed by atoms with van der Waals surface area (Å²) in [4.78, 5) is 14.1. The van der Waals surface area contributed by atoms with Crippen molar-refractivity contribution in [2.24, 2.45) is 0 Å². The molecule has 102 valence electrons. The second-order valence-corrected chi connectivity index (χ2v) is 7.41. The van der Waals surface area contributed by atoms with Crippen LogP contribution in [-0.2, 0) is 4.79 Å². The van der Waals surface area contributed by atoms with E-state index < -0.39 is 0 Å². The second kappa shape index (κ2) is 6.86. The van der Waals surface area contributed by atoms with Crippen LogP contribution in [0.3, 0.4) is 0 Å². The molecule has 2 unspecified atom stereocenters. The van der Waals surface area contributed by atoms with Crippen LogP contribution >= 0.6 is 24.2 Å². The first-order valence-electron chi connectivity index (χ1n) is 5.96. The smallest absolute Gasteiger partial charge is 0.232 e. The van der Waals surface area contributed by atoms with Gasteiger partial charge in [-0.15, -0.1) is 24.2 Å². The van der Waals surface area contributed by atoms with Gasteiger partial charge in [-0.3, -0.25) is 4.79 Å². The van der Waals surface area contributed by atoms with Gasteiger partial charge in [0.2, 0.25) is 5.91 Å². The van der Waals surface area contributed by atoms with Crippen LogP contribution in [0.2, 0.25) is 0 Å². The van der Waals surface area contributed by atoms with Crippen molar-refractivity contribution in [2.75, 3.05) is 18.8 Å². The number of carbonyl (C=O) groups excluding carboxylic acids is 1. The molecule has 0 aromatic rings. The van der Waals surface area contributed by atoms with E-state index in [9.17, 15) is 4.79 Å². The molecule has 0 radical (unpaired) electrons. The Morgan fingerprint density at radius 3 is 2.53 bits per heavy atom. The molecule has 2 atom stereocenters. The number of rotatable bonds is 2. The molecule has 0 aromatic heterocycles. The molecular formula is C12H25ClN2OS. The Bertz CT molecular complexity index is 255. The molecule has 3 nitrogen and oxygen atoms in total. The van der Waals surface area contributed by atoms with E-state index in [1.54, 1.807) is 11.8 Å². The lowest BCUT2D eigenvalue weighted by Crippen LogP contribution is -2.56. The number of hydrogen-bond donors (Lipinski definition) is 1. The van der Waals surface area contributed by atoms with Gasteiger partial charge in [-0.1, -0.05) is 20.8 Å². The summed E-state index contributed by atoms with van der Waals surface area (Å²) in [5, 5.41) is 3.39. The van der Waals surface area contributed by atoms with E-state index in [1.807, 2.05) is 4.90 Å². The van der Waals surface area contributed by atoms with E-state index in [4.69, 9.17) is 0 Å². The minimum atomic E-state index is 0. The summed E-state index contributed by atoms with van der Waals surface area (Å²) in [6, 6.07) is 0.740. The molecule has 1 aliphatic heterocycles. The van der Waals surface area contributed by atoms with Gasteiger partial charge in [0.25, 0.3) is 0 Å². The van der Waals surface area contributed by atoms with Crippen molar-refractivity contribution in [1.29, 1.82) is 0 Å². The third-order valence-electron chi connectivity index (χ3n) is 2.71. The monoisotopic (exact) mass is 280 g/mol. The van der Waals surface area contributed by atoms with Gasteiger partial charge >= 0.3 is 0 Å². The van der Waals surface area contributed by atoms with Gasteiger partial charge in [0.1, 0.15) is 0 Å². The van der Waals surface area contributed by atoms with Crippen LogP contribution in [0.25, 0.3) is 0 Å². The number of nitrogens with zero attached hydrogens (tertiary/aromatic N) is 1. The van der Waals surface area contributed by atoms with Crippen molar-refractivity contribution in [1.82, 2.24) is 10.2 Å². The summed E-state index contributed by atoms with van der Waals surface area (Å²) in [5.41, 5.74) is 0. The molecule has 1 N–H and O–H groups in total. The Morgan fingerprint density at radius 1 is 1.41 bits per heavy atom. The highest BCUT2D eigenvalue weighted by molar-refractivity contribution is 8.01. The van der Waals surface area contributed by atoms with E-state index in [2.05, 4.69) is 39.9 Å². The number of piperazine rings is 1. The molecule has 0 aliphatic carbocycles.